The molecule has 0 radical (unpaired) electrons. The number of amides is 1. The van der Waals surface area contributed by atoms with Crippen molar-refractivity contribution in [1.82, 2.24) is 5.32 Å². The Balaban J connectivity index is 2.62. The molecule has 1 atom stereocenters. The number of azide groups is 1. The highest BCUT2D eigenvalue weighted by Gasteiger charge is 2.10. The molecule has 0 saturated heterocycles. The predicted molar refractivity (Wildman–Crippen MR) is 59.1 cm³/mol. The Morgan fingerprint density at radius 1 is 1.50 bits per heavy atom. The molecule has 1 aromatic carbocycles. The standard InChI is InChI=1S/C10H12N4O2/c11-14-12-7-9(13-10(15)16)6-8-4-2-1-3-5-8/h1-5,9,13H,6-7H2,(H,15,16)/t9-/m0/s1. The van der Waals surface area contributed by atoms with Crippen molar-refractivity contribution in [3.63, 3.8) is 0 Å². The molecule has 2 N–H and O–H groups in total. The van der Waals surface area contributed by atoms with Gasteiger partial charge in [0.1, 0.15) is 0 Å². The van der Waals surface area contributed by atoms with Gasteiger partial charge in [-0.15, -0.1) is 0 Å². The summed E-state index contributed by atoms with van der Waals surface area (Å²) in [5, 5.41) is 14.3. The van der Waals surface area contributed by atoms with Crippen LogP contribution in [-0.4, -0.2) is 23.8 Å². The monoisotopic (exact) mass is 220 g/mol. The molecule has 0 aliphatic heterocycles. The van der Waals surface area contributed by atoms with E-state index >= 15 is 0 Å². The average Bonchev–Trinajstić information content (AvgIpc) is 2.26. The lowest BCUT2D eigenvalue weighted by Gasteiger charge is -2.14. The number of benzene rings is 1. The summed E-state index contributed by atoms with van der Waals surface area (Å²) in [7, 11) is 0. The van der Waals surface area contributed by atoms with Crippen LogP contribution in [0.5, 0.6) is 0 Å². The molecule has 6 nitrogen and oxygen atoms in total. The van der Waals surface area contributed by atoms with Gasteiger partial charge in [-0.2, -0.15) is 0 Å². The van der Waals surface area contributed by atoms with Gasteiger partial charge < -0.3 is 10.4 Å². The number of nitrogens with one attached hydrogen (secondary N) is 1. The van der Waals surface area contributed by atoms with Gasteiger partial charge in [-0.1, -0.05) is 35.4 Å². The summed E-state index contributed by atoms with van der Waals surface area (Å²) in [6.07, 6.45) is -0.610. The fourth-order valence-corrected chi connectivity index (χ4v) is 1.37. The van der Waals surface area contributed by atoms with Gasteiger partial charge in [0, 0.05) is 17.5 Å². The van der Waals surface area contributed by atoms with Gasteiger partial charge in [0.05, 0.1) is 0 Å². The molecule has 6 heteroatoms. The van der Waals surface area contributed by atoms with Crippen molar-refractivity contribution in [3.8, 4) is 0 Å². The Morgan fingerprint density at radius 3 is 2.75 bits per heavy atom. The molecule has 0 aliphatic rings. The molecule has 0 fully saturated rings. The number of hydrogen-bond acceptors (Lipinski definition) is 2. The van der Waals surface area contributed by atoms with E-state index in [-0.39, 0.29) is 6.54 Å². The summed E-state index contributed by atoms with van der Waals surface area (Å²) in [6.45, 7) is 0.109. The highest BCUT2D eigenvalue weighted by molar-refractivity contribution is 5.64. The number of rotatable bonds is 5. The van der Waals surface area contributed by atoms with E-state index < -0.39 is 12.1 Å². The largest absolute Gasteiger partial charge is 0.465 e. The molecule has 0 saturated carbocycles. The highest BCUT2D eigenvalue weighted by atomic mass is 16.4. The zero-order chi connectivity index (χ0) is 11.8. The molecule has 1 aromatic rings. The third kappa shape index (κ3) is 4.34. The van der Waals surface area contributed by atoms with Crippen molar-refractivity contribution in [1.29, 1.82) is 0 Å². The maximum atomic E-state index is 10.5. The third-order valence-electron chi connectivity index (χ3n) is 2.02. The van der Waals surface area contributed by atoms with Gasteiger partial charge in [0.25, 0.3) is 0 Å². The van der Waals surface area contributed by atoms with Crippen LogP contribution >= 0.6 is 0 Å². The number of carboxylic acid groups (broad SMARTS) is 1. The van der Waals surface area contributed by atoms with Crippen LogP contribution in [0, 0.1) is 0 Å². The van der Waals surface area contributed by atoms with Crippen molar-refractivity contribution in [2.24, 2.45) is 5.11 Å². The minimum Gasteiger partial charge on any atom is -0.465 e. The average molecular weight is 220 g/mol. The minimum atomic E-state index is -1.12. The Hall–Kier alpha value is -2.20. The summed E-state index contributed by atoms with van der Waals surface area (Å²) in [5.41, 5.74) is 9.19. The Bertz CT molecular complexity index is 383. The van der Waals surface area contributed by atoms with Crippen molar-refractivity contribution < 1.29 is 9.90 Å². The predicted octanol–water partition coefficient (Wildman–Crippen LogP) is 2.18. The fourth-order valence-electron chi connectivity index (χ4n) is 1.37. The van der Waals surface area contributed by atoms with Gasteiger partial charge >= 0.3 is 6.09 Å². The first kappa shape index (κ1) is 11.9. The molecule has 1 rings (SSSR count). The summed E-state index contributed by atoms with van der Waals surface area (Å²) in [4.78, 5) is 13.1. The van der Waals surface area contributed by atoms with Gasteiger partial charge in [-0.05, 0) is 17.5 Å². The van der Waals surface area contributed by atoms with Crippen LogP contribution in [0.4, 0.5) is 4.79 Å². The topological polar surface area (TPSA) is 98.1 Å². The molecule has 0 bridgehead atoms. The molecular weight excluding hydrogens is 208 g/mol. The summed E-state index contributed by atoms with van der Waals surface area (Å²) < 4.78 is 0. The van der Waals surface area contributed by atoms with E-state index in [2.05, 4.69) is 15.3 Å². The first-order valence-electron chi connectivity index (χ1n) is 4.76. The first-order chi connectivity index (χ1) is 7.72. The number of carbonyl (C=O) groups is 1. The van der Waals surface area contributed by atoms with E-state index in [4.69, 9.17) is 10.6 Å². The van der Waals surface area contributed by atoms with E-state index in [1.807, 2.05) is 30.3 Å². The fraction of sp³-hybridized carbons (Fsp3) is 0.300. The van der Waals surface area contributed by atoms with Gasteiger partial charge in [-0.25, -0.2) is 4.79 Å². The minimum absolute atomic E-state index is 0.109. The Kier molecular flexibility index (Phi) is 4.69. The summed E-state index contributed by atoms with van der Waals surface area (Å²) in [5.74, 6) is 0. The van der Waals surface area contributed by atoms with Crippen LogP contribution < -0.4 is 5.32 Å². The van der Waals surface area contributed by atoms with Crippen molar-refractivity contribution >= 4 is 6.09 Å². The van der Waals surface area contributed by atoms with Gasteiger partial charge in [0.15, 0.2) is 0 Å². The van der Waals surface area contributed by atoms with Crippen LogP contribution in [0.25, 0.3) is 10.4 Å². The van der Waals surface area contributed by atoms with E-state index in [0.717, 1.165) is 5.56 Å². The van der Waals surface area contributed by atoms with Crippen LogP contribution in [0.15, 0.2) is 35.4 Å². The normalized spacial score (nSPS) is 11.2. The lowest BCUT2D eigenvalue weighted by atomic mass is 10.1. The quantitative estimate of drug-likeness (QED) is 0.451. The molecule has 16 heavy (non-hydrogen) atoms. The van der Waals surface area contributed by atoms with Crippen LogP contribution in [0.3, 0.4) is 0 Å². The first-order valence-corrected chi connectivity index (χ1v) is 4.76. The zero-order valence-corrected chi connectivity index (χ0v) is 8.58. The summed E-state index contributed by atoms with van der Waals surface area (Å²) in [6, 6.07) is 9.04. The zero-order valence-electron chi connectivity index (χ0n) is 8.58. The lowest BCUT2D eigenvalue weighted by Crippen LogP contribution is -2.37. The van der Waals surface area contributed by atoms with Crippen LogP contribution in [0.2, 0.25) is 0 Å². The molecule has 0 heterocycles. The number of hydrogen-bond donors (Lipinski definition) is 2. The second kappa shape index (κ2) is 6.31. The van der Waals surface area contributed by atoms with E-state index in [1.165, 1.54) is 0 Å². The van der Waals surface area contributed by atoms with Gasteiger partial charge in [-0.3, -0.25) is 0 Å². The third-order valence-corrected chi connectivity index (χ3v) is 2.02. The molecule has 0 spiro atoms. The maximum absolute atomic E-state index is 10.5. The maximum Gasteiger partial charge on any atom is 0.404 e. The second-order valence-corrected chi connectivity index (χ2v) is 3.25. The molecule has 0 aromatic heterocycles. The molecule has 0 aliphatic carbocycles. The van der Waals surface area contributed by atoms with Crippen LogP contribution in [0.1, 0.15) is 5.56 Å². The van der Waals surface area contributed by atoms with Crippen LogP contribution in [-0.2, 0) is 6.42 Å². The Labute approximate surface area is 92.5 Å². The van der Waals surface area contributed by atoms with Crippen molar-refractivity contribution in [2.75, 3.05) is 6.54 Å². The SMILES string of the molecule is [N-]=[N+]=NC[C@H](Cc1ccccc1)NC(=O)O. The van der Waals surface area contributed by atoms with Crippen molar-refractivity contribution in [2.45, 2.75) is 12.5 Å². The van der Waals surface area contributed by atoms with Gasteiger partial charge in [0.2, 0.25) is 0 Å². The van der Waals surface area contributed by atoms with E-state index in [9.17, 15) is 4.79 Å². The second-order valence-electron chi connectivity index (χ2n) is 3.25. The Morgan fingerprint density at radius 2 is 2.19 bits per heavy atom. The number of nitrogens with zero attached hydrogens (tertiary/aromatic N) is 3. The van der Waals surface area contributed by atoms with E-state index in [1.54, 1.807) is 0 Å². The lowest BCUT2D eigenvalue weighted by molar-refractivity contribution is 0.190. The highest BCUT2D eigenvalue weighted by Crippen LogP contribution is 2.03. The molecular formula is C10H12N4O2. The molecule has 0 unspecified atom stereocenters. The smallest absolute Gasteiger partial charge is 0.404 e. The van der Waals surface area contributed by atoms with E-state index in [0.29, 0.717) is 6.42 Å². The molecule has 84 valence electrons. The summed E-state index contributed by atoms with van der Waals surface area (Å²) >= 11 is 0. The molecule has 1 amide bonds. The van der Waals surface area contributed by atoms with Crippen molar-refractivity contribution in [3.05, 3.63) is 46.3 Å².